The zero-order valence-electron chi connectivity index (χ0n) is 13.4. The van der Waals surface area contributed by atoms with Crippen LogP contribution in [-0.2, 0) is 13.2 Å². The molecule has 2 rings (SSSR count). The molecule has 0 spiro atoms. The van der Waals surface area contributed by atoms with Crippen LogP contribution in [0.1, 0.15) is 25.0 Å². The average Bonchev–Trinajstić information content (AvgIpc) is 2.54. The summed E-state index contributed by atoms with van der Waals surface area (Å²) in [6, 6.07) is 10.3. The van der Waals surface area contributed by atoms with Crippen molar-refractivity contribution in [2.45, 2.75) is 27.0 Å². The molecule has 1 N–H and O–H groups in total. The van der Waals surface area contributed by atoms with E-state index in [1.165, 1.54) is 6.07 Å². The SMILES string of the molecule is CCNCc1ccc(OCc2c(F)cccc2Cl)c(OCC)c1. The second-order valence-electron chi connectivity index (χ2n) is 4.98. The Hall–Kier alpha value is -1.78. The van der Waals surface area contributed by atoms with Gasteiger partial charge in [-0.1, -0.05) is 30.7 Å². The first-order valence-electron chi connectivity index (χ1n) is 7.67. The molecule has 0 amide bonds. The highest BCUT2D eigenvalue weighted by Gasteiger charge is 2.11. The highest BCUT2D eigenvalue weighted by atomic mass is 35.5. The second-order valence-corrected chi connectivity index (χ2v) is 5.39. The molecule has 0 aliphatic heterocycles. The third-order valence-electron chi connectivity index (χ3n) is 3.32. The summed E-state index contributed by atoms with van der Waals surface area (Å²) in [5, 5.41) is 3.62. The monoisotopic (exact) mass is 337 g/mol. The maximum absolute atomic E-state index is 13.8. The van der Waals surface area contributed by atoms with Gasteiger partial charge < -0.3 is 14.8 Å². The van der Waals surface area contributed by atoms with Crippen LogP contribution < -0.4 is 14.8 Å². The first-order chi connectivity index (χ1) is 11.2. The van der Waals surface area contributed by atoms with Crippen molar-refractivity contribution >= 4 is 11.6 Å². The lowest BCUT2D eigenvalue weighted by atomic mass is 10.2. The summed E-state index contributed by atoms with van der Waals surface area (Å²) in [5.41, 5.74) is 1.44. The molecule has 2 aromatic rings. The Labute approximate surface area is 141 Å². The molecule has 0 aliphatic rings. The highest BCUT2D eigenvalue weighted by molar-refractivity contribution is 6.31. The fourth-order valence-corrected chi connectivity index (χ4v) is 2.36. The van der Waals surface area contributed by atoms with Crippen LogP contribution in [-0.4, -0.2) is 13.2 Å². The second kappa shape index (κ2) is 8.75. The molecular formula is C18H21ClFNO2. The zero-order chi connectivity index (χ0) is 16.7. The first-order valence-corrected chi connectivity index (χ1v) is 8.05. The van der Waals surface area contributed by atoms with Crippen LogP contribution in [0.25, 0.3) is 0 Å². The van der Waals surface area contributed by atoms with Gasteiger partial charge in [0.15, 0.2) is 11.5 Å². The van der Waals surface area contributed by atoms with E-state index >= 15 is 0 Å². The molecule has 0 radical (unpaired) electrons. The van der Waals surface area contributed by atoms with E-state index in [1.54, 1.807) is 12.1 Å². The zero-order valence-corrected chi connectivity index (χ0v) is 14.1. The molecule has 0 unspecified atom stereocenters. The van der Waals surface area contributed by atoms with Crippen molar-refractivity contribution < 1.29 is 13.9 Å². The van der Waals surface area contributed by atoms with E-state index in [4.69, 9.17) is 21.1 Å². The first kappa shape index (κ1) is 17.6. The van der Waals surface area contributed by atoms with E-state index in [-0.39, 0.29) is 12.4 Å². The van der Waals surface area contributed by atoms with Crippen LogP contribution in [0.15, 0.2) is 36.4 Å². The maximum Gasteiger partial charge on any atom is 0.161 e. The van der Waals surface area contributed by atoms with Gasteiger partial charge in [0.1, 0.15) is 12.4 Å². The Morgan fingerprint density at radius 2 is 1.91 bits per heavy atom. The van der Waals surface area contributed by atoms with Crippen LogP contribution in [0.5, 0.6) is 11.5 Å². The van der Waals surface area contributed by atoms with Crippen molar-refractivity contribution in [2.24, 2.45) is 0 Å². The molecule has 5 heteroatoms. The van der Waals surface area contributed by atoms with E-state index in [0.29, 0.717) is 28.7 Å². The molecule has 0 aliphatic carbocycles. The Bertz CT molecular complexity index is 629. The van der Waals surface area contributed by atoms with E-state index in [0.717, 1.165) is 18.7 Å². The molecular weight excluding hydrogens is 317 g/mol. The van der Waals surface area contributed by atoms with Gasteiger partial charge in [0, 0.05) is 12.1 Å². The Kier molecular flexibility index (Phi) is 6.68. The molecule has 0 bridgehead atoms. The lowest BCUT2D eigenvalue weighted by molar-refractivity contribution is 0.265. The highest BCUT2D eigenvalue weighted by Crippen LogP contribution is 2.30. The summed E-state index contributed by atoms with van der Waals surface area (Å²) < 4.78 is 25.2. The van der Waals surface area contributed by atoms with Crippen molar-refractivity contribution in [3.63, 3.8) is 0 Å². The summed E-state index contributed by atoms with van der Waals surface area (Å²) in [7, 11) is 0. The maximum atomic E-state index is 13.8. The minimum absolute atomic E-state index is 0.0537. The van der Waals surface area contributed by atoms with Crippen molar-refractivity contribution in [3.8, 4) is 11.5 Å². The minimum Gasteiger partial charge on any atom is -0.490 e. The van der Waals surface area contributed by atoms with E-state index in [9.17, 15) is 4.39 Å². The third kappa shape index (κ3) is 4.85. The van der Waals surface area contributed by atoms with E-state index < -0.39 is 0 Å². The number of hydrogen-bond acceptors (Lipinski definition) is 3. The van der Waals surface area contributed by atoms with Crippen molar-refractivity contribution in [1.82, 2.24) is 5.32 Å². The van der Waals surface area contributed by atoms with Gasteiger partial charge in [-0.15, -0.1) is 0 Å². The van der Waals surface area contributed by atoms with Gasteiger partial charge in [0.05, 0.1) is 11.6 Å². The summed E-state index contributed by atoms with van der Waals surface area (Å²) in [6.07, 6.45) is 0. The molecule has 0 atom stereocenters. The summed E-state index contributed by atoms with van der Waals surface area (Å²) in [4.78, 5) is 0. The number of halogens is 2. The van der Waals surface area contributed by atoms with E-state index in [2.05, 4.69) is 12.2 Å². The Morgan fingerprint density at radius 1 is 1.09 bits per heavy atom. The van der Waals surface area contributed by atoms with Gasteiger partial charge in [-0.3, -0.25) is 0 Å². The summed E-state index contributed by atoms with van der Waals surface area (Å²) in [5.74, 6) is 0.848. The number of ether oxygens (including phenoxy) is 2. The Balaban J connectivity index is 2.15. The van der Waals surface area contributed by atoms with Crippen LogP contribution in [0, 0.1) is 5.82 Å². The molecule has 0 aromatic heterocycles. The van der Waals surface area contributed by atoms with Crippen LogP contribution >= 0.6 is 11.6 Å². The van der Waals surface area contributed by atoms with Crippen LogP contribution in [0.2, 0.25) is 5.02 Å². The molecule has 0 heterocycles. The largest absolute Gasteiger partial charge is 0.490 e. The van der Waals surface area contributed by atoms with Gasteiger partial charge in [-0.2, -0.15) is 0 Å². The molecule has 0 saturated heterocycles. The van der Waals surface area contributed by atoms with Gasteiger partial charge in [0.25, 0.3) is 0 Å². The summed E-state index contributed by atoms with van der Waals surface area (Å²) >= 11 is 6.02. The number of benzene rings is 2. The van der Waals surface area contributed by atoms with Crippen LogP contribution in [0.4, 0.5) is 4.39 Å². The smallest absolute Gasteiger partial charge is 0.161 e. The fourth-order valence-electron chi connectivity index (χ4n) is 2.14. The Morgan fingerprint density at radius 3 is 2.61 bits per heavy atom. The molecule has 2 aromatic carbocycles. The predicted octanol–water partition coefficient (Wildman–Crippen LogP) is 4.57. The van der Waals surface area contributed by atoms with Gasteiger partial charge in [-0.25, -0.2) is 4.39 Å². The van der Waals surface area contributed by atoms with Crippen molar-refractivity contribution in [1.29, 1.82) is 0 Å². The quantitative estimate of drug-likeness (QED) is 0.765. The average molecular weight is 338 g/mol. The molecule has 3 nitrogen and oxygen atoms in total. The normalized spacial score (nSPS) is 10.6. The number of hydrogen-bond donors (Lipinski definition) is 1. The fraction of sp³-hybridized carbons (Fsp3) is 0.333. The van der Waals surface area contributed by atoms with Crippen LogP contribution in [0.3, 0.4) is 0 Å². The molecule has 23 heavy (non-hydrogen) atoms. The third-order valence-corrected chi connectivity index (χ3v) is 3.67. The van der Waals surface area contributed by atoms with Crippen molar-refractivity contribution in [3.05, 3.63) is 58.4 Å². The van der Waals surface area contributed by atoms with Crippen molar-refractivity contribution in [2.75, 3.05) is 13.2 Å². The molecule has 0 fully saturated rings. The molecule has 124 valence electrons. The predicted molar refractivity (Wildman–Crippen MR) is 90.7 cm³/mol. The summed E-state index contributed by atoms with van der Waals surface area (Å²) in [6.45, 7) is 6.21. The number of nitrogens with one attached hydrogen (secondary N) is 1. The lowest BCUT2D eigenvalue weighted by Gasteiger charge is -2.14. The number of rotatable bonds is 8. The van der Waals surface area contributed by atoms with Gasteiger partial charge in [0.2, 0.25) is 0 Å². The molecule has 0 saturated carbocycles. The standard InChI is InChI=1S/C18H21ClFNO2/c1-3-21-11-13-8-9-17(18(10-13)22-4-2)23-12-14-15(19)6-5-7-16(14)20/h5-10,21H,3-4,11-12H2,1-2H3. The minimum atomic E-state index is -0.376. The topological polar surface area (TPSA) is 30.5 Å². The lowest BCUT2D eigenvalue weighted by Crippen LogP contribution is -2.12. The van der Waals surface area contributed by atoms with Gasteiger partial charge >= 0.3 is 0 Å². The van der Waals surface area contributed by atoms with E-state index in [1.807, 2.05) is 25.1 Å². The van der Waals surface area contributed by atoms with Gasteiger partial charge in [-0.05, 0) is 43.3 Å².